The molecule has 1 unspecified atom stereocenters. The van der Waals surface area contributed by atoms with E-state index in [1.54, 1.807) is 12.1 Å². The lowest BCUT2D eigenvalue weighted by Gasteiger charge is -2.23. The molecule has 1 aliphatic rings. The number of hydrogen-bond acceptors (Lipinski definition) is 4. The maximum Gasteiger partial charge on any atom is 0.229 e. The minimum Gasteiger partial charge on any atom is -0.385 e. The average Bonchev–Trinajstić information content (AvgIpc) is 2.39. The van der Waals surface area contributed by atoms with Crippen LogP contribution in [0.25, 0.3) is 0 Å². The van der Waals surface area contributed by atoms with Crippen LogP contribution in [0.2, 0.25) is 5.02 Å². The van der Waals surface area contributed by atoms with Crippen molar-refractivity contribution in [3.8, 4) is 0 Å². The molecule has 1 saturated heterocycles. The molecule has 0 bridgehead atoms. The molecule has 5 nitrogen and oxygen atoms in total. The van der Waals surface area contributed by atoms with Gasteiger partial charge >= 0.3 is 0 Å². The molecule has 0 amide bonds. The van der Waals surface area contributed by atoms with Crippen LogP contribution in [0.15, 0.2) is 18.2 Å². The van der Waals surface area contributed by atoms with Crippen molar-refractivity contribution in [1.29, 1.82) is 0 Å². The van der Waals surface area contributed by atoms with Gasteiger partial charge in [0, 0.05) is 12.2 Å². The molecule has 0 spiro atoms. The van der Waals surface area contributed by atoms with Crippen molar-refractivity contribution < 1.29 is 8.42 Å². The van der Waals surface area contributed by atoms with Crippen LogP contribution < -0.4 is 15.4 Å². The van der Waals surface area contributed by atoms with Gasteiger partial charge < -0.3 is 10.6 Å². The molecule has 1 aliphatic heterocycles. The van der Waals surface area contributed by atoms with Gasteiger partial charge in [0.15, 0.2) is 0 Å². The molecule has 1 heterocycles. The molecule has 2 rings (SSSR count). The minimum absolute atomic E-state index is 0.391. The van der Waals surface area contributed by atoms with E-state index in [4.69, 9.17) is 11.6 Å². The molecule has 20 heavy (non-hydrogen) atoms. The van der Waals surface area contributed by atoms with Crippen LogP contribution in [-0.2, 0) is 10.0 Å². The maximum absolute atomic E-state index is 11.2. The van der Waals surface area contributed by atoms with Crippen molar-refractivity contribution in [3.05, 3.63) is 23.2 Å². The lowest BCUT2D eigenvalue weighted by Crippen LogP contribution is -2.33. The number of sulfonamides is 1. The second-order valence-corrected chi connectivity index (χ2v) is 7.32. The highest BCUT2D eigenvalue weighted by Gasteiger charge is 2.13. The van der Waals surface area contributed by atoms with Crippen molar-refractivity contribution in [3.63, 3.8) is 0 Å². The Morgan fingerprint density at radius 2 is 2.25 bits per heavy atom. The summed E-state index contributed by atoms with van der Waals surface area (Å²) < 4.78 is 24.7. The topological polar surface area (TPSA) is 70.2 Å². The van der Waals surface area contributed by atoms with E-state index >= 15 is 0 Å². The maximum atomic E-state index is 11.2. The van der Waals surface area contributed by atoms with E-state index in [0.717, 1.165) is 31.6 Å². The number of anilines is 2. The number of nitrogens with one attached hydrogen (secondary N) is 3. The zero-order valence-corrected chi connectivity index (χ0v) is 13.0. The number of halogens is 1. The monoisotopic (exact) mass is 317 g/mol. The fraction of sp³-hybridized carbons (Fsp3) is 0.538. The first-order valence-corrected chi connectivity index (χ1v) is 8.93. The van der Waals surface area contributed by atoms with Crippen LogP contribution in [0.5, 0.6) is 0 Å². The smallest absolute Gasteiger partial charge is 0.229 e. The Kier molecular flexibility index (Phi) is 5.12. The Hall–Kier alpha value is -0.980. The van der Waals surface area contributed by atoms with Gasteiger partial charge in [0.25, 0.3) is 0 Å². The van der Waals surface area contributed by atoms with Gasteiger partial charge in [0.2, 0.25) is 10.0 Å². The largest absolute Gasteiger partial charge is 0.385 e. The molecule has 0 aliphatic carbocycles. The number of hydrogen-bond donors (Lipinski definition) is 3. The van der Waals surface area contributed by atoms with Gasteiger partial charge in [0.05, 0.1) is 17.0 Å². The number of piperidine rings is 1. The van der Waals surface area contributed by atoms with Crippen molar-refractivity contribution >= 4 is 33.0 Å². The molecule has 0 saturated carbocycles. The number of rotatable bonds is 5. The normalized spacial score (nSPS) is 19.6. The predicted molar refractivity (Wildman–Crippen MR) is 84.0 cm³/mol. The molecule has 1 atom stereocenters. The van der Waals surface area contributed by atoms with Crippen molar-refractivity contribution in [1.82, 2.24) is 5.32 Å². The molecule has 112 valence electrons. The zero-order chi connectivity index (χ0) is 14.6. The Morgan fingerprint density at radius 1 is 1.45 bits per heavy atom. The molecule has 1 fully saturated rings. The summed E-state index contributed by atoms with van der Waals surface area (Å²) in [5.74, 6) is 0.622. The molecule has 1 aromatic carbocycles. The van der Waals surface area contributed by atoms with E-state index in [9.17, 15) is 8.42 Å². The standard InChI is InChI=1S/C13H20ClN3O2S/c1-20(18,19)17-13-5-4-11(7-12(13)14)16-9-10-3-2-6-15-8-10/h4-5,7,10,15-17H,2-3,6,8-9H2,1H3. The van der Waals surface area contributed by atoms with E-state index in [1.165, 1.54) is 12.8 Å². The van der Waals surface area contributed by atoms with E-state index in [0.29, 0.717) is 16.6 Å². The van der Waals surface area contributed by atoms with Crippen LogP contribution in [0.4, 0.5) is 11.4 Å². The molecule has 1 aromatic rings. The quantitative estimate of drug-likeness (QED) is 0.778. The van der Waals surface area contributed by atoms with Gasteiger partial charge in [-0.15, -0.1) is 0 Å². The Balaban J connectivity index is 1.94. The fourth-order valence-electron chi connectivity index (χ4n) is 2.27. The minimum atomic E-state index is -3.31. The van der Waals surface area contributed by atoms with Crippen molar-refractivity contribution in [2.24, 2.45) is 5.92 Å². The van der Waals surface area contributed by atoms with Gasteiger partial charge in [-0.05, 0) is 50.0 Å². The summed E-state index contributed by atoms with van der Waals surface area (Å²) in [4.78, 5) is 0. The van der Waals surface area contributed by atoms with Crippen LogP contribution >= 0.6 is 11.6 Å². The van der Waals surface area contributed by atoms with Gasteiger partial charge in [0.1, 0.15) is 0 Å². The summed E-state index contributed by atoms with van der Waals surface area (Å²) in [7, 11) is -3.31. The third kappa shape index (κ3) is 4.85. The van der Waals surface area contributed by atoms with Crippen molar-refractivity contribution in [2.75, 3.05) is 35.9 Å². The summed E-state index contributed by atoms with van der Waals surface area (Å²) in [5, 5.41) is 7.11. The van der Waals surface area contributed by atoms with E-state index in [-0.39, 0.29) is 0 Å². The molecule has 0 radical (unpaired) electrons. The first kappa shape index (κ1) is 15.4. The second kappa shape index (κ2) is 6.65. The third-order valence-corrected chi connectivity index (χ3v) is 4.16. The highest BCUT2D eigenvalue weighted by atomic mass is 35.5. The molecular formula is C13H20ClN3O2S. The fourth-order valence-corrected chi connectivity index (χ4v) is 3.13. The Labute approximate surface area is 125 Å². The summed E-state index contributed by atoms with van der Waals surface area (Å²) in [6, 6.07) is 5.24. The van der Waals surface area contributed by atoms with E-state index < -0.39 is 10.0 Å². The molecule has 3 N–H and O–H groups in total. The van der Waals surface area contributed by atoms with Gasteiger partial charge in [-0.2, -0.15) is 0 Å². The average molecular weight is 318 g/mol. The lowest BCUT2D eigenvalue weighted by molar-refractivity contribution is 0.393. The number of benzene rings is 1. The highest BCUT2D eigenvalue weighted by molar-refractivity contribution is 7.92. The summed E-state index contributed by atoms with van der Waals surface area (Å²) >= 11 is 6.08. The SMILES string of the molecule is CS(=O)(=O)Nc1ccc(NCC2CCCNC2)cc1Cl. The molecular weight excluding hydrogens is 298 g/mol. The summed E-state index contributed by atoms with van der Waals surface area (Å²) in [6.07, 6.45) is 3.54. The first-order chi connectivity index (χ1) is 9.44. The van der Waals surface area contributed by atoms with Gasteiger partial charge in [-0.3, -0.25) is 4.72 Å². The predicted octanol–water partition coefficient (Wildman–Crippen LogP) is 2.12. The van der Waals surface area contributed by atoms with Crippen LogP contribution in [-0.4, -0.2) is 34.3 Å². The Morgan fingerprint density at radius 3 is 2.85 bits per heavy atom. The third-order valence-electron chi connectivity index (χ3n) is 3.26. The lowest BCUT2D eigenvalue weighted by atomic mass is 10.00. The van der Waals surface area contributed by atoms with Crippen LogP contribution in [0, 0.1) is 5.92 Å². The zero-order valence-electron chi connectivity index (χ0n) is 11.4. The van der Waals surface area contributed by atoms with Gasteiger partial charge in [-0.1, -0.05) is 11.6 Å². The van der Waals surface area contributed by atoms with E-state index in [1.807, 2.05) is 6.07 Å². The molecule has 7 heteroatoms. The molecule has 0 aromatic heterocycles. The highest BCUT2D eigenvalue weighted by Crippen LogP contribution is 2.26. The summed E-state index contributed by atoms with van der Waals surface area (Å²) in [6.45, 7) is 3.03. The first-order valence-electron chi connectivity index (χ1n) is 6.66. The second-order valence-electron chi connectivity index (χ2n) is 5.16. The van der Waals surface area contributed by atoms with Gasteiger partial charge in [-0.25, -0.2) is 8.42 Å². The van der Waals surface area contributed by atoms with Crippen LogP contribution in [0.1, 0.15) is 12.8 Å². The Bertz CT molecular complexity index is 557. The summed E-state index contributed by atoms with van der Waals surface area (Å²) in [5.41, 5.74) is 1.30. The van der Waals surface area contributed by atoms with Crippen molar-refractivity contribution in [2.45, 2.75) is 12.8 Å². The van der Waals surface area contributed by atoms with E-state index in [2.05, 4.69) is 15.4 Å². The van der Waals surface area contributed by atoms with Crippen LogP contribution in [0.3, 0.4) is 0 Å².